The SMILES string of the molecule is CCCCCCSC(=NO)c1ccccc1. The van der Waals surface area contributed by atoms with E-state index >= 15 is 0 Å². The van der Waals surface area contributed by atoms with Crippen LogP contribution in [0.4, 0.5) is 0 Å². The minimum atomic E-state index is 0.720. The van der Waals surface area contributed by atoms with Crippen LogP contribution in [0.5, 0.6) is 0 Å². The molecule has 1 aromatic rings. The summed E-state index contributed by atoms with van der Waals surface area (Å²) in [6.45, 7) is 2.21. The van der Waals surface area contributed by atoms with Crippen molar-refractivity contribution in [3.05, 3.63) is 35.9 Å². The molecule has 0 saturated heterocycles. The standard InChI is InChI=1S/C13H19NOS/c1-2-3-4-8-11-16-13(14-15)12-9-6-5-7-10-12/h5-7,9-10,15H,2-4,8,11H2,1H3. The first-order valence-corrected chi connectivity index (χ1v) is 6.77. The fraction of sp³-hybridized carbons (Fsp3) is 0.462. The van der Waals surface area contributed by atoms with Crippen molar-refractivity contribution >= 4 is 16.8 Å². The topological polar surface area (TPSA) is 32.6 Å². The van der Waals surface area contributed by atoms with Crippen LogP contribution in [-0.2, 0) is 0 Å². The molecule has 0 atom stereocenters. The van der Waals surface area contributed by atoms with Gasteiger partial charge in [0.05, 0.1) is 0 Å². The zero-order chi connectivity index (χ0) is 11.6. The molecule has 0 unspecified atom stereocenters. The first-order valence-electron chi connectivity index (χ1n) is 5.78. The molecule has 0 saturated carbocycles. The lowest BCUT2D eigenvalue weighted by atomic mass is 10.2. The van der Waals surface area contributed by atoms with E-state index in [1.807, 2.05) is 30.3 Å². The van der Waals surface area contributed by atoms with E-state index in [2.05, 4.69) is 12.1 Å². The van der Waals surface area contributed by atoms with Crippen LogP contribution in [0.3, 0.4) is 0 Å². The molecule has 0 aromatic heterocycles. The summed E-state index contributed by atoms with van der Waals surface area (Å²) in [5.41, 5.74) is 0.991. The lowest BCUT2D eigenvalue weighted by molar-refractivity contribution is 0.321. The predicted molar refractivity (Wildman–Crippen MR) is 71.4 cm³/mol. The Balaban J connectivity index is 2.34. The van der Waals surface area contributed by atoms with Crippen molar-refractivity contribution in [3.8, 4) is 0 Å². The molecule has 88 valence electrons. The van der Waals surface area contributed by atoms with Crippen molar-refractivity contribution in [3.63, 3.8) is 0 Å². The van der Waals surface area contributed by atoms with Crippen molar-refractivity contribution in [2.45, 2.75) is 32.6 Å². The van der Waals surface area contributed by atoms with Crippen LogP contribution in [0.1, 0.15) is 38.2 Å². The van der Waals surface area contributed by atoms with Gasteiger partial charge in [-0.2, -0.15) is 0 Å². The first-order chi connectivity index (χ1) is 7.88. The molecule has 0 radical (unpaired) electrons. The molecule has 1 rings (SSSR count). The second kappa shape index (κ2) is 8.22. The number of rotatable bonds is 6. The number of hydrogen-bond donors (Lipinski definition) is 1. The summed E-state index contributed by atoms with van der Waals surface area (Å²) in [6, 6.07) is 9.81. The third kappa shape index (κ3) is 4.71. The number of thioether (sulfide) groups is 1. The molecule has 0 bridgehead atoms. The Morgan fingerprint density at radius 3 is 2.56 bits per heavy atom. The molecule has 0 fully saturated rings. The van der Waals surface area contributed by atoms with Gasteiger partial charge in [-0.3, -0.25) is 0 Å². The highest BCUT2D eigenvalue weighted by Gasteiger charge is 2.03. The summed E-state index contributed by atoms with van der Waals surface area (Å²) >= 11 is 1.63. The zero-order valence-electron chi connectivity index (χ0n) is 9.72. The molecule has 16 heavy (non-hydrogen) atoms. The second-order valence-electron chi connectivity index (χ2n) is 3.68. The molecule has 0 heterocycles. The Morgan fingerprint density at radius 1 is 1.19 bits per heavy atom. The number of unbranched alkanes of at least 4 members (excludes halogenated alkanes) is 3. The molecular weight excluding hydrogens is 218 g/mol. The fourth-order valence-electron chi connectivity index (χ4n) is 1.45. The minimum absolute atomic E-state index is 0.720. The van der Waals surface area contributed by atoms with Crippen LogP contribution >= 0.6 is 11.8 Å². The van der Waals surface area contributed by atoms with E-state index in [1.165, 1.54) is 25.7 Å². The lowest BCUT2D eigenvalue weighted by Crippen LogP contribution is -1.96. The summed E-state index contributed by atoms with van der Waals surface area (Å²) in [4.78, 5) is 0. The predicted octanol–water partition coefficient (Wildman–Crippen LogP) is 4.14. The Bertz CT molecular complexity index is 311. The monoisotopic (exact) mass is 237 g/mol. The van der Waals surface area contributed by atoms with E-state index in [-0.39, 0.29) is 0 Å². The van der Waals surface area contributed by atoms with Gasteiger partial charge in [-0.1, -0.05) is 61.7 Å². The molecule has 2 nitrogen and oxygen atoms in total. The van der Waals surface area contributed by atoms with Gasteiger partial charge in [0.15, 0.2) is 0 Å². The van der Waals surface area contributed by atoms with Crippen LogP contribution < -0.4 is 0 Å². The normalized spacial score (nSPS) is 11.7. The largest absolute Gasteiger partial charge is 0.410 e. The summed E-state index contributed by atoms with van der Waals surface area (Å²) in [7, 11) is 0. The Hall–Kier alpha value is -0.960. The van der Waals surface area contributed by atoms with Gasteiger partial charge < -0.3 is 5.21 Å². The van der Waals surface area contributed by atoms with Gasteiger partial charge in [-0.15, -0.1) is 11.8 Å². The highest BCUT2D eigenvalue weighted by atomic mass is 32.2. The van der Waals surface area contributed by atoms with E-state index < -0.39 is 0 Å². The smallest absolute Gasteiger partial charge is 0.142 e. The van der Waals surface area contributed by atoms with Crippen molar-refractivity contribution in [1.82, 2.24) is 0 Å². The molecule has 1 N–H and O–H groups in total. The second-order valence-corrected chi connectivity index (χ2v) is 4.76. The molecular formula is C13H19NOS. The summed E-state index contributed by atoms with van der Waals surface area (Å²) < 4.78 is 0. The highest BCUT2D eigenvalue weighted by Crippen LogP contribution is 2.15. The van der Waals surface area contributed by atoms with E-state index in [0.717, 1.165) is 16.4 Å². The Morgan fingerprint density at radius 2 is 1.94 bits per heavy atom. The molecule has 0 spiro atoms. The fourth-order valence-corrected chi connectivity index (χ4v) is 2.35. The van der Waals surface area contributed by atoms with Crippen molar-refractivity contribution in [2.24, 2.45) is 5.16 Å². The van der Waals surface area contributed by atoms with Crippen LogP contribution in [0.15, 0.2) is 35.5 Å². The van der Waals surface area contributed by atoms with Gasteiger partial charge in [0, 0.05) is 5.56 Å². The number of benzene rings is 1. The molecule has 0 amide bonds. The summed E-state index contributed by atoms with van der Waals surface area (Å²) in [6.07, 6.45) is 4.99. The number of nitrogens with zero attached hydrogens (tertiary/aromatic N) is 1. The van der Waals surface area contributed by atoms with Gasteiger partial charge in [0.2, 0.25) is 0 Å². The van der Waals surface area contributed by atoms with Crippen LogP contribution in [0.25, 0.3) is 0 Å². The van der Waals surface area contributed by atoms with E-state index in [0.29, 0.717) is 0 Å². The van der Waals surface area contributed by atoms with E-state index in [1.54, 1.807) is 11.8 Å². The minimum Gasteiger partial charge on any atom is -0.410 e. The van der Waals surface area contributed by atoms with Gasteiger partial charge in [0.1, 0.15) is 5.04 Å². The zero-order valence-corrected chi connectivity index (χ0v) is 10.5. The van der Waals surface area contributed by atoms with Gasteiger partial charge in [-0.05, 0) is 12.2 Å². The van der Waals surface area contributed by atoms with Gasteiger partial charge >= 0.3 is 0 Å². The molecule has 0 aliphatic rings. The number of hydrogen-bond acceptors (Lipinski definition) is 3. The average Bonchev–Trinajstić information content (AvgIpc) is 2.35. The van der Waals surface area contributed by atoms with E-state index in [9.17, 15) is 0 Å². The molecule has 3 heteroatoms. The molecule has 1 aromatic carbocycles. The van der Waals surface area contributed by atoms with Crippen LogP contribution in [-0.4, -0.2) is 16.0 Å². The highest BCUT2D eigenvalue weighted by molar-refractivity contribution is 8.14. The van der Waals surface area contributed by atoms with Crippen LogP contribution in [0, 0.1) is 0 Å². The summed E-state index contributed by atoms with van der Waals surface area (Å²) in [5, 5.41) is 13.0. The Kier molecular flexibility index (Phi) is 6.74. The maximum Gasteiger partial charge on any atom is 0.142 e. The van der Waals surface area contributed by atoms with Crippen molar-refractivity contribution < 1.29 is 5.21 Å². The third-order valence-corrected chi connectivity index (χ3v) is 3.43. The maximum atomic E-state index is 8.95. The first kappa shape index (κ1) is 13.1. The molecule has 0 aliphatic heterocycles. The van der Waals surface area contributed by atoms with Crippen molar-refractivity contribution in [2.75, 3.05) is 5.75 Å². The maximum absolute atomic E-state index is 8.95. The third-order valence-electron chi connectivity index (χ3n) is 2.35. The molecule has 0 aliphatic carbocycles. The van der Waals surface area contributed by atoms with Crippen molar-refractivity contribution in [1.29, 1.82) is 0 Å². The van der Waals surface area contributed by atoms with Crippen LogP contribution in [0.2, 0.25) is 0 Å². The number of oxime groups is 1. The average molecular weight is 237 g/mol. The van der Waals surface area contributed by atoms with Gasteiger partial charge in [0.25, 0.3) is 0 Å². The summed E-state index contributed by atoms with van der Waals surface area (Å²) in [5.74, 6) is 1.02. The Labute approximate surface area is 102 Å². The quantitative estimate of drug-likeness (QED) is 0.265. The van der Waals surface area contributed by atoms with E-state index in [4.69, 9.17) is 5.21 Å². The van der Waals surface area contributed by atoms with Gasteiger partial charge in [-0.25, -0.2) is 0 Å². The lowest BCUT2D eigenvalue weighted by Gasteiger charge is -2.03.